The Kier molecular flexibility index (Phi) is 5.89. The van der Waals surface area contributed by atoms with Crippen LogP contribution < -0.4 is 5.32 Å². The third kappa shape index (κ3) is 4.33. The summed E-state index contributed by atoms with van der Waals surface area (Å²) >= 11 is 0. The van der Waals surface area contributed by atoms with Crippen molar-refractivity contribution in [1.29, 1.82) is 0 Å². The lowest BCUT2D eigenvalue weighted by Gasteiger charge is -2.02. The third-order valence-corrected chi connectivity index (χ3v) is 2.34. The third-order valence-electron chi connectivity index (χ3n) is 2.34. The minimum absolute atomic E-state index is 0.931. The van der Waals surface area contributed by atoms with Gasteiger partial charge in [0.15, 0.2) is 0 Å². The number of hydrogen-bond acceptors (Lipinski definition) is 3. The summed E-state index contributed by atoms with van der Waals surface area (Å²) in [7, 11) is 1.93. The van der Waals surface area contributed by atoms with Crippen LogP contribution in [0.25, 0.3) is 11.3 Å². The normalized spacial score (nSPS) is 9.35. The van der Waals surface area contributed by atoms with Gasteiger partial charge in [-0.3, -0.25) is 9.97 Å². The van der Waals surface area contributed by atoms with E-state index in [1.807, 2.05) is 19.2 Å². The van der Waals surface area contributed by atoms with Gasteiger partial charge in [-0.1, -0.05) is 31.2 Å². The maximum atomic E-state index is 4.25. The molecular formula is C14H19N3. The maximum absolute atomic E-state index is 4.25. The van der Waals surface area contributed by atoms with Crippen LogP contribution in [-0.2, 0) is 0 Å². The number of benzene rings is 1. The molecule has 2 aromatic rings. The summed E-state index contributed by atoms with van der Waals surface area (Å²) in [6.07, 6.45) is 5.17. The van der Waals surface area contributed by atoms with E-state index in [0.717, 1.165) is 17.8 Å². The summed E-state index contributed by atoms with van der Waals surface area (Å²) in [5, 5.41) is 2.93. The standard InChI is InChI=1S/C11H10N2.C3H9N/c1-9-4-2-3-5-10(9)11-8-12-6-7-13-11;1-3-4-2/h2-8H,1H3;4H,3H2,1-2H3. The Bertz CT molecular complexity index is 424. The minimum atomic E-state index is 0.931. The first-order valence-electron chi connectivity index (χ1n) is 5.76. The number of rotatable bonds is 2. The minimum Gasteiger partial charge on any atom is -0.320 e. The lowest BCUT2D eigenvalue weighted by Crippen LogP contribution is -2.01. The summed E-state index contributed by atoms with van der Waals surface area (Å²) in [5.74, 6) is 0. The molecule has 17 heavy (non-hydrogen) atoms. The Morgan fingerprint density at radius 1 is 1.18 bits per heavy atom. The van der Waals surface area contributed by atoms with Crippen molar-refractivity contribution in [2.75, 3.05) is 13.6 Å². The smallest absolute Gasteiger partial charge is 0.0887 e. The van der Waals surface area contributed by atoms with Crippen LogP contribution in [0.4, 0.5) is 0 Å². The first kappa shape index (κ1) is 13.3. The molecule has 2 rings (SSSR count). The van der Waals surface area contributed by atoms with Gasteiger partial charge in [-0.15, -0.1) is 0 Å². The van der Waals surface area contributed by atoms with Crippen molar-refractivity contribution in [3.63, 3.8) is 0 Å². The van der Waals surface area contributed by atoms with Crippen LogP contribution in [-0.4, -0.2) is 23.6 Å². The molecule has 0 saturated carbocycles. The Morgan fingerprint density at radius 3 is 2.41 bits per heavy atom. The van der Waals surface area contributed by atoms with E-state index in [0.29, 0.717) is 0 Å². The van der Waals surface area contributed by atoms with E-state index in [9.17, 15) is 0 Å². The van der Waals surface area contributed by atoms with Crippen molar-refractivity contribution in [3.8, 4) is 11.3 Å². The molecule has 3 heteroatoms. The lowest BCUT2D eigenvalue weighted by atomic mass is 10.1. The number of aromatic nitrogens is 2. The Hall–Kier alpha value is -1.74. The van der Waals surface area contributed by atoms with E-state index in [2.05, 4.69) is 41.3 Å². The van der Waals surface area contributed by atoms with Crippen LogP contribution in [0, 0.1) is 6.92 Å². The molecule has 0 atom stereocenters. The van der Waals surface area contributed by atoms with Crippen LogP contribution >= 0.6 is 0 Å². The van der Waals surface area contributed by atoms with Crippen LogP contribution in [0.15, 0.2) is 42.9 Å². The molecule has 1 N–H and O–H groups in total. The highest BCUT2D eigenvalue weighted by molar-refractivity contribution is 5.61. The van der Waals surface area contributed by atoms with E-state index in [1.54, 1.807) is 18.6 Å². The van der Waals surface area contributed by atoms with E-state index >= 15 is 0 Å². The molecule has 0 fully saturated rings. The first-order valence-corrected chi connectivity index (χ1v) is 5.76. The SMILES string of the molecule is CCNC.Cc1ccccc1-c1cnccn1. The van der Waals surface area contributed by atoms with Crippen molar-refractivity contribution in [2.45, 2.75) is 13.8 Å². The Labute approximate surface area is 103 Å². The predicted molar refractivity (Wildman–Crippen MR) is 71.8 cm³/mol. The number of nitrogens with zero attached hydrogens (tertiary/aromatic N) is 2. The number of aryl methyl sites for hydroxylation is 1. The van der Waals surface area contributed by atoms with Crippen molar-refractivity contribution >= 4 is 0 Å². The molecular weight excluding hydrogens is 210 g/mol. The highest BCUT2D eigenvalue weighted by Gasteiger charge is 2.00. The zero-order chi connectivity index (χ0) is 12.5. The molecule has 0 spiro atoms. The molecule has 0 aliphatic rings. The second-order valence-corrected chi connectivity index (χ2v) is 3.61. The Balaban J connectivity index is 0.000000317. The molecule has 0 aliphatic heterocycles. The van der Waals surface area contributed by atoms with Gasteiger partial charge in [-0.2, -0.15) is 0 Å². The van der Waals surface area contributed by atoms with Gasteiger partial charge in [0.25, 0.3) is 0 Å². The molecule has 1 aromatic heterocycles. The van der Waals surface area contributed by atoms with Crippen molar-refractivity contribution in [3.05, 3.63) is 48.4 Å². The monoisotopic (exact) mass is 229 g/mol. The Morgan fingerprint density at radius 2 is 1.88 bits per heavy atom. The number of hydrogen-bond donors (Lipinski definition) is 1. The summed E-state index contributed by atoms with van der Waals surface area (Å²) in [6.45, 7) is 5.21. The second kappa shape index (κ2) is 7.52. The van der Waals surface area contributed by atoms with Crippen molar-refractivity contribution in [2.24, 2.45) is 0 Å². The molecule has 1 heterocycles. The van der Waals surface area contributed by atoms with Gasteiger partial charge in [0.1, 0.15) is 0 Å². The van der Waals surface area contributed by atoms with Gasteiger partial charge in [0.2, 0.25) is 0 Å². The summed E-state index contributed by atoms with van der Waals surface area (Å²) in [6, 6.07) is 8.16. The fraction of sp³-hybridized carbons (Fsp3) is 0.286. The van der Waals surface area contributed by atoms with E-state index < -0.39 is 0 Å². The topological polar surface area (TPSA) is 37.8 Å². The van der Waals surface area contributed by atoms with Gasteiger partial charge in [-0.05, 0) is 26.1 Å². The van der Waals surface area contributed by atoms with E-state index in [-0.39, 0.29) is 0 Å². The zero-order valence-electron chi connectivity index (χ0n) is 10.6. The maximum Gasteiger partial charge on any atom is 0.0887 e. The van der Waals surface area contributed by atoms with Crippen LogP contribution in [0.3, 0.4) is 0 Å². The predicted octanol–water partition coefficient (Wildman–Crippen LogP) is 2.68. The highest BCUT2D eigenvalue weighted by atomic mass is 14.8. The van der Waals surface area contributed by atoms with Crippen molar-refractivity contribution < 1.29 is 0 Å². The average Bonchev–Trinajstić information content (AvgIpc) is 2.41. The summed E-state index contributed by atoms with van der Waals surface area (Å²) in [5.41, 5.74) is 3.30. The van der Waals surface area contributed by atoms with Gasteiger partial charge in [0, 0.05) is 18.0 Å². The number of nitrogens with one attached hydrogen (secondary N) is 1. The molecule has 3 nitrogen and oxygen atoms in total. The molecule has 0 radical (unpaired) electrons. The largest absolute Gasteiger partial charge is 0.320 e. The van der Waals surface area contributed by atoms with E-state index in [1.165, 1.54) is 5.56 Å². The van der Waals surface area contributed by atoms with Crippen LogP contribution in [0.2, 0.25) is 0 Å². The quantitative estimate of drug-likeness (QED) is 0.860. The van der Waals surface area contributed by atoms with Gasteiger partial charge >= 0.3 is 0 Å². The second-order valence-electron chi connectivity index (χ2n) is 3.61. The van der Waals surface area contributed by atoms with Crippen LogP contribution in [0.1, 0.15) is 12.5 Å². The van der Waals surface area contributed by atoms with E-state index in [4.69, 9.17) is 0 Å². The molecule has 0 unspecified atom stereocenters. The molecule has 0 amide bonds. The zero-order valence-corrected chi connectivity index (χ0v) is 10.6. The van der Waals surface area contributed by atoms with Crippen molar-refractivity contribution in [1.82, 2.24) is 15.3 Å². The molecule has 0 bridgehead atoms. The molecule has 90 valence electrons. The average molecular weight is 229 g/mol. The van der Waals surface area contributed by atoms with Gasteiger partial charge in [0.05, 0.1) is 11.9 Å². The van der Waals surface area contributed by atoms with Gasteiger partial charge in [-0.25, -0.2) is 0 Å². The fourth-order valence-corrected chi connectivity index (χ4v) is 1.30. The first-order chi connectivity index (χ1) is 8.29. The molecule has 0 saturated heterocycles. The highest BCUT2D eigenvalue weighted by Crippen LogP contribution is 2.18. The van der Waals surface area contributed by atoms with Gasteiger partial charge < -0.3 is 5.32 Å². The summed E-state index contributed by atoms with van der Waals surface area (Å²) < 4.78 is 0. The molecule has 1 aromatic carbocycles. The molecule has 0 aliphatic carbocycles. The summed E-state index contributed by atoms with van der Waals surface area (Å²) in [4.78, 5) is 8.29. The lowest BCUT2D eigenvalue weighted by molar-refractivity contribution is 0.864. The fourth-order valence-electron chi connectivity index (χ4n) is 1.30. The van der Waals surface area contributed by atoms with Crippen LogP contribution in [0.5, 0.6) is 0 Å².